The maximum Gasteiger partial charge on any atom is 0.189 e. The lowest BCUT2D eigenvalue weighted by molar-refractivity contribution is 0.323. The molecule has 4 nitrogen and oxygen atoms in total. The van der Waals surface area contributed by atoms with Crippen LogP contribution in [0, 0.1) is 5.82 Å². The summed E-state index contributed by atoms with van der Waals surface area (Å²) in [6, 6.07) is 14.8. The second kappa shape index (κ2) is 9.03. The van der Waals surface area contributed by atoms with Crippen LogP contribution in [-0.4, -0.2) is 19.1 Å². The Morgan fingerprint density at radius 3 is 2.56 bits per heavy atom. The molecule has 6 heteroatoms. The molecular weight excluding hydrogens is 432 g/mol. The zero-order valence-electron chi connectivity index (χ0n) is 14.1. The molecule has 1 aliphatic rings. The Labute approximate surface area is 164 Å². The Balaban J connectivity index is 0.00000225. The molecule has 0 bridgehead atoms. The van der Waals surface area contributed by atoms with E-state index in [1.54, 1.807) is 7.11 Å². The van der Waals surface area contributed by atoms with Crippen molar-refractivity contribution in [3.8, 4) is 5.75 Å². The molecule has 1 aliphatic carbocycles. The van der Waals surface area contributed by atoms with E-state index >= 15 is 0 Å². The van der Waals surface area contributed by atoms with Gasteiger partial charge in [0.15, 0.2) is 5.96 Å². The van der Waals surface area contributed by atoms with Crippen LogP contribution in [0.5, 0.6) is 5.75 Å². The predicted octanol–water partition coefficient (Wildman–Crippen LogP) is 3.80. The van der Waals surface area contributed by atoms with Gasteiger partial charge in [-0.1, -0.05) is 30.3 Å². The highest BCUT2D eigenvalue weighted by atomic mass is 127. The lowest BCUT2D eigenvalue weighted by Crippen LogP contribution is -2.46. The number of guanidine groups is 1. The molecule has 0 unspecified atom stereocenters. The van der Waals surface area contributed by atoms with Gasteiger partial charge in [0, 0.05) is 11.6 Å². The van der Waals surface area contributed by atoms with Gasteiger partial charge >= 0.3 is 0 Å². The van der Waals surface area contributed by atoms with Gasteiger partial charge in [0.25, 0.3) is 0 Å². The Bertz CT molecular complexity index is 715. The molecule has 1 saturated carbocycles. The highest BCUT2D eigenvalue weighted by molar-refractivity contribution is 14.0. The second-order valence-electron chi connectivity index (χ2n) is 6.07. The van der Waals surface area contributed by atoms with Gasteiger partial charge in [0.1, 0.15) is 11.6 Å². The van der Waals surface area contributed by atoms with Crippen LogP contribution in [0.25, 0.3) is 0 Å². The standard InChI is InChI=1S/C19H22FN3O.HI/c1-24-18-5-3-2-4-14(18)12-22-19(21)23-17-10-15(11-17)13-6-8-16(20)9-7-13;/h2-9,15,17H,10-12H2,1H3,(H3,21,22,23);1H. The summed E-state index contributed by atoms with van der Waals surface area (Å²) in [4.78, 5) is 4.39. The van der Waals surface area contributed by atoms with Gasteiger partial charge in [-0.2, -0.15) is 0 Å². The molecule has 1 fully saturated rings. The number of aliphatic imine (C=N–C) groups is 1. The average Bonchev–Trinajstić information content (AvgIpc) is 2.57. The van der Waals surface area contributed by atoms with Gasteiger partial charge in [-0.15, -0.1) is 24.0 Å². The molecule has 0 amide bonds. The number of hydrogen-bond acceptors (Lipinski definition) is 2. The summed E-state index contributed by atoms with van der Waals surface area (Å²) in [5.41, 5.74) is 8.16. The summed E-state index contributed by atoms with van der Waals surface area (Å²) in [6.07, 6.45) is 1.97. The zero-order chi connectivity index (χ0) is 16.9. The monoisotopic (exact) mass is 455 g/mol. The fourth-order valence-electron chi connectivity index (χ4n) is 3.00. The smallest absolute Gasteiger partial charge is 0.189 e. The molecule has 0 spiro atoms. The molecule has 3 rings (SSSR count). The molecule has 0 aromatic heterocycles. The molecule has 2 aromatic rings. The number of nitrogens with one attached hydrogen (secondary N) is 1. The Hall–Kier alpha value is -1.83. The summed E-state index contributed by atoms with van der Waals surface area (Å²) < 4.78 is 18.3. The third kappa shape index (κ3) is 5.07. The van der Waals surface area contributed by atoms with Crippen molar-refractivity contribution in [2.24, 2.45) is 10.7 Å². The van der Waals surface area contributed by atoms with Crippen molar-refractivity contribution in [3.63, 3.8) is 0 Å². The van der Waals surface area contributed by atoms with Gasteiger partial charge < -0.3 is 15.8 Å². The molecule has 0 saturated heterocycles. The molecule has 3 N–H and O–H groups in total. The minimum Gasteiger partial charge on any atom is -0.496 e. The third-order valence-corrected chi connectivity index (χ3v) is 4.44. The van der Waals surface area contributed by atoms with Crippen LogP contribution >= 0.6 is 24.0 Å². The molecule has 2 aromatic carbocycles. The quantitative estimate of drug-likeness (QED) is 0.410. The van der Waals surface area contributed by atoms with Crippen molar-refractivity contribution in [3.05, 3.63) is 65.5 Å². The number of rotatable bonds is 5. The first-order valence-corrected chi connectivity index (χ1v) is 8.09. The number of nitrogens with zero attached hydrogens (tertiary/aromatic N) is 1. The molecule has 0 radical (unpaired) electrons. The van der Waals surface area contributed by atoms with Crippen molar-refractivity contribution in [1.82, 2.24) is 5.32 Å². The summed E-state index contributed by atoms with van der Waals surface area (Å²) in [5.74, 6) is 1.53. The van der Waals surface area contributed by atoms with Crippen LogP contribution in [0.3, 0.4) is 0 Å². The minimum atomic E-state index is -0.194. The van der Waals surface area contributed by atoms with Crippen molar-refractivity contribution < 1.29 is 9.13 Å². The largest absolute Gasteiger partial charge is 0.496 e. The maximum absolute atomic E-state index is 12.9. The zero-order valence-corrected chi connectivity index (χ0v) is 16.4. The number of para-hydroxylation sites is 1. The van der Waals surface area contributed by atoms with Crippen LogP contribution in [0.4, 0.5) is 4.39 Å². The van der Waals surface area contributed by atoms with E-state index in [1.807, 2.05) is 36.4 Å². The Morgan fingerprint density at radius 2 is 1.88 bits per heavy atom. The summed E-state index contributed by atoms with van der Waals surface area (Å²) >= 11 is 0. The molecule has 0 atom stereocenters. The van der Waals surface area contributed by atoms with Crippen molar-refractivity contribution in [2.45, 2.75) is 31.3 Å². The fraction of sp³-hybridized carbons (Fsp3) is 0.316. The van der Waals surface area contributed by atoms with Crippen molar-refractivity contribution in [2.75, 3.05) is 7.11 Å². The van der Waals surface area contributed by atoms with Crippen LogP contribution in [0.2, 0.25) is 0 Å². The number of benzene rings is 2. The number of hydrogen-bond donors (Lipinski definition) is 2. The maximum atomic E-state index is 12.9. The van der Waals surface area contributed by atoms with Gasteiger partial charge in [0.2, 0.25) is 0 Å². The van der Waals surface area contributed by atoms with Crippen LogP contribution < -0.4 is 15.8 Å². The van der Waals surface area contributed by atoms with Gasteiger partial charge in [-0.3, -0.25) is 0 Å². The summed E-state index contributed by atoms with van der Waals surface area (Å²) in [7, 11) is 1.65. The van der Waals surface area contributed by atoms with E-state index in [2.05, 4.69) is 10.3 Å². The summed E-state index contributed by atoms with van der Waals surface area (Å²) in [5, 5.41) is 3.25. The van der Waals surface area contributed by atoms with Crippen LogP contribution in [-0.2, 0) is 6.54 Å². The molecular formula is C19H23FIN3O. The highest BCUT2D eigenvalue weighted by Gasteiger charge is 2.30. The van der Waals surface area contributed by atoms with Gasteiger partial charge in [-0.25, -0.2) is 9.38 Å². The normalized spacial score (nSPS) is 19.5. The minimum absolute atomic E-state index is 0. The molecule has 0 heterocycles. The van der Waals surface area contributed by atoms with Gasteiger partial charge in [-0.05, 0) is 42.5 Å². The van der Waals surface area contributed by atoms with E-state index in [1.165, 1.54) is 17.7 Å². The van der Waals surface area contributed by atoms with Crippen LogP contribution in [0.15, 0.2) is 53.5 Å². The molecule has 134 valence electrons. The topological polar surface area (TPSA) is 59.6 Å². The highest BCUT2D eigenvalue weighted by Crippen LogP contribution is 2.36. The summed E-state index contributed by atoms with van der Waals surface area (Å²) in [6.45, 7) is 0.483. The number of ether oxygens (including phenoxy) is 1. The van der Waals surface area contributed by atoms with E-state index in [0.29, 0.717) is 24.5 Å². The predicted molar refractivity (Wildman–Crippen MR) is 109 cm³/mol. The van der Waals surface area contributed by atoms with E-state index in [0.717, 1.165) is 24.2 Å². The first-order valence-electron chi connectivity index (χ1n) is 8.09. The van der Waals surface area contributed by atoms with E-state index in [4.69, 9.17) is 10.5 Å². The lowest BCUT2D eigenvalue weighted by atomic mass is 9.76. The van der Waals surface area contributed by atoms with E-state index in [-0.39, 0.29) is 29.8 Å². The van der Waals surface area contributed by atoms with Crippen molar-refractivity contribution in [1.29, 1.82) is 0 Å². The first-order chi connectivity index (χ1) is 11.7. The Kier molecular flexibility index (Phi) is 7.04. The van der Waals surface area contributed by atoms with Gasteiger partial charge in [0.05, 0.1) is 13.7 Å². The lowest BCUT2D eigenvalue weighted by Gasteiger charge is -2.36. The van der Waals surface area contributed by atoms with Crippen LogP contribution in [0.1, 0.15) is 29.9 Å². The number of nitrogens with two attached hydrogens (primary N) is 1. The number of halogens is 2. The van der Waals surface area contributed by atoms with Crippen molar-refractivity contribution >= 4 is 29.9 Å². The van der Waals surface area contributed by atoms with E-state index in [9.17, 15) is 4.39 Å². The third-order valence-electron chi connectivity index (χ3n) is 4.44. The fourth-order valence-corrected chi connectivity index (χ4v) is 3.00. The second-order valence-corrected chi connectivity index (χ2v) is 6.07. The Morgan fingerprint density at radius 1 is 1.20 bits per heavy atom. The SMILES string of the molecule is COc1ccccc1CN=C(N)NC1CC(c2ccc(F)cc2)C1.I. The molecule has 25 heavy (non-hydrogen) atoms. The number of methoxy groups -OCH3 is 1. The molecule has 0 aliphatic heterocycles. The average molecular weight is 455 g/mol. The van der Waals surface area contributed by atoms with E-state index < -0.39 is 0 Å². The first kappa shape index (κ1) is 19.5.